The van der Waals surface area contributed by atoms with E-state index in [1.54, 1.807) is 12.1 Å². The summed E-state index contributed by atoms with van der Waals surface area (Å²) >= 11 is 0. The molecule has 3 unspecified atom stereocenters. The Morgan fingerprint density at radius 1 is 1.38 bits per heavy atom. The number of carboxylic acid groups (broad SMARTS) is 1. The van der Waals surface area contributed by atoms with Crippen LogP contribution in [-0.2, 0) is 11.2 Å². The average Bonchev–Trinajstić information content (AvgIpc) is 2.46. The van der Waals surface area contributed by atoms with E-state index < -0.39 is 5.97 Å². The zero-order valence-electron chi connectivity index (χ0n) is 12.8. The lowest BCUT2D eigenvalue weighted by molar-refractivity contribution is -0.144. The van der Waals surface area contributed by atoms with Crippen LogP contribution in [-0.4, -0.2) is 39.7 Å². The molecule has 1 aliphatic heterocycles. The van der Waals surface area contributed by atoms with Crippen LogP contribution in [0.2, 0.25) is 0 Å². The summed E-state index contributed by atoms with van der Waals surface area (Å²) in [5, 5.41) is 18.4. The van der Waals surface area contributed by atoms with Gasteiger partial charge < -0.3 is 10.2 Å². The summed E-state index contributed by atoms with van der Waals surface area (Å²) < 4.78 is 0. The number of carboxylic acids is 1. The smallest absolute Gasteiger partial charge is 0.306 e. The molecular formula is C17H25NO3. The number of rotatable bonds is 5. The van der Waals surface area contributed by atoms with Crippen molar-refractivity contribution in [2.45, 2.75) is 51.6 Å². The Morgan fingerprint density at radius 2 is 2.05 bits per heavy atom. The van der Waals surface area contributed by atoms with Gasteiger partial charge in [-0.2, -0.15) is 0 Å². The van der Waals surface area contributed by atoms with Crippen LogP contribution in [0.25, 0.3) is 0 Å². The second-order valence-electron chi connectivity index (χ2n) is 6.20. The van der Waals surface area contributed by atoms with Crippen LogP contribution >= 0.6 is 0 Å². The van der Waals surface area contributed by atoms with Crippen LogP contribution in [0.3, 0.4) is 0 Å². The molecule has 0 radical (unpaired) electrons. The van der Waals surface area contributed by atoms with Crippen molar-refractivity contribution in [3.8, 4) is 5.75 Å². The molecule has 4 nitrogen and oxygen atoms in total. The van der Waals surface area contributed by atoms with Crippen molar-refractivity contribution in [3.05, 3.63) is 29.8 Å². The quantitative estimate of drug-likeness (QED) is 0.875. The number of aliphatic carboxylic acids is 1. The Balaban J connectivity index is 1.84. The van der Waals surface area contributed by atoms with Gasteiger partial charge in [0.2, 0.25) is 0 Å². The monoisotopic (exact) mass is 291 g/mol. The lowest BCUT2D eigenvalue weighted by atomic mass is 9.90. The fraction of sp³-hybridized carbons (Fsp3) is 0.588. The number of phenolic OH excluding ortho intramolecular Hbond substituents is 1. The predicted octanol–water partition coefficient (Wildman–Crippen LogP) is 2.90. The SMILES string of the molecule is CC(CCc1ccc(O)cc1)N1CCC(C(=O)O)CC1C. The van der Waals surface area contributed by atoms with E-state index in [1.807, 2.05) is 12.1 Å². The van der Waals surface area contributed by atoms with Crippen molar-refractivity contribution >= 4 is 5.97 Å². The molecule has 116 valence electrons. The molecule has 0 amide bonds. The molecule has 21 heavy (non-hydrogen) atoms. The maximum absolute atomic E-state index is 11.1. The highest BCUT2D eigenvalue weighted by Gasteiger charge is 2.31. The number of hydrogen-bond donors (Lipinski definition) is 2. The highest BCUT2D eigenvalue weighted by molar-refractivity contribution is 5.70. The second-order valence-corrected chi connectivity index (χ2v) is 6.20. The van der Waals surface area contributed by atoms with Gasteiger partial charge in [-0.1, -0.05) is 12.1 Å². The third kappa shape index (κ3) is 4.21. The van der Waals surface area contributed by atoms with Crippen LogP contribution in [0.5, 0.6) is 5.75 Å². The van der Waals surface area contributed by atoms with Gasteiger partial charge in [-0.25, -0.2) is 0 Å². The first kappa shape index (κ1) is 15.8. The van der Waals surface area contributed by atoms with Crippen molar-refractivity contribution in [2.24, 2.45) is 5.92 Å². The Labute approximate surface area is 126 Å². The van der Waals surface area contributed by atoms with Gasteiger partial charge >= 0.3 is 5.97 Å². The van der Waals surface area contributed by atoms with Gasteiger partial charge in [-0.3, -0.25) is 9.69 Å². The molecule has 2 rings (SSSR count). The number of benzene rings is 1. The molecule has 1 aromatic carbocycles. The number of likely N-dealkylation sites (tertiary alicyclic amines) is 1. The number of piperidine rings is 1. The molecule has 0 spiro atoms. The molecule has 0 aliphatic carbocycles. The molecule has 0 aromatic heterocycles. The molecular weight excluding hydrogens is 266 g/mol. The molecule has 1 heterocycles. The van der Waals surface area contributed by atoms with Crippen LogP contribution in [0.1, 0.15) is 38.7 Å². The summed E-state index contributed by atoms with van der Waals surface area (Å²) in [6.07, 6.45) is 3.53. The van der Waals surface area contributed by atoms with Crippen molar-refractivity contribution in [1.29, 1.82) is 0 Å². The Hall–Kier alpha value is -1.55. The first-order valence-corrected chi connectivity index (χ1v) is 7.74. The largest absolute Gasteiger partial charge is 0.508 e. The number of aryl methyl sites for hydroxylation is 1. The number of carbonyl (C=O) groups is 1. The first-order valence-electron chi connectivity index (χ1n) is 7.74. The third-order valence-corrected chi connectivity index (χ3v) is 4.63. The van der Waals surface area contributed by atoms with E-state index >= 15 is 0 Å². The van der Waals surface area contributed by atoms with E-state index in [2.05, 4.69) is 18.7 Å². The highest BCUT2D eigenvalue weighted by Crippen LogP contribution is 2.26. The van der Waals surface area contributed by atoms with Gasteiger partial charge in [0.15, 0.2) is 0 Å². The van der Waals surface area contributed by atoms with Gasteiger partial charge in [0, 0.05) is 12.1 Å². The normalized spacial score (nSPS) is 24.7. The van der Waals surface area contributed by atoms with Gasteiger partial charge in [-0.05, 0) is 63.8 Å². The van der Waals surface area contributed by atoms with E-state index in [-0.39, 0.29) is 5.92 Å². The van der Waals surface area contributed by atoms with E-state index in [9.17, 15) is 9.90 Å². The summed E-state index contributed by atoms with van der Waals surface area (Å²) in [4.78, 5) is 13.5. The number of aromatic hydroxyl groups is 1. The highest BCUT2D eigenvalue weighted by atomic mass is 16.4. The first-order chi connectivity index (χ1) is 9.97. The lowest BCUT2D eigenvalue weighted by Gasteiger charge is -2.40. The Kier molecular flexibility index (Phi) is 5.23. The lowest BCUT2D eigenvalue weighted by Crippen LogP contribution is -2.47. The number of hydrogen-bond acceptors (Lipinski definition) is 3. The zero-order chi connectivity index (χ0) is 15.4. The minimum absolute atomic E-state index is 0.180. The molecule has 3 atom stereocenters. The summed E-state index contributed by atoms with van der Waals surface area (Å²) in [7, 11) is 0. The fourth-order valence-corrected chi connectivity index (χ4v) is 3.27. The summed E-state index contributed by atoms with van der Waals surface area (Å²) in [6.45, 7) is 5.22. The standard InChI is InChI=1S/C17H25NO3/c1-12(3-4-14-5-7-16(19)8-6-14)18-10-9-15(17(20)21)11-13(18)2/h5-8,12-13,15,19H,3-4,9-11H2,1-2H3,(H,20,21). The minimum atomic E-state index is -0.654. The molecule has 0 bridgehead atoms. The second kappa shape index (κ2) is 6.94. The van der Waals surface area contributed by atoms with Crippen LogP contribution in [0.15, 0.2) is 24.3 Å². The van der Waals surface area contributed by atoms with Crippen LogP contribution in [0.4, 0.5) is 0 Å². The van der Waals surface area contributed by atoms with Crippen LogP contribution in [0, 0.1) is 5.92 Å². The molecule has 1 saturated heterocycles. The number of nitrogens with zero attached hydrogens (tertiary/aromatic N) is 1. The van der Waals surface area contributed by atoms with Crippen molar-refractivity contribution in [3.63, 3.8) is 0 Å². The van der Waals surface area contributed by atoms with Crippen molar-refractivity contribution in [2.75, 3.05) is 6.54 Å². The fourth-order valence-electron chi connectivity index (χ4n) is 3.27. The minimum Gasteiger partial charge on any atom is -0.508 e. The average molecular weight is 291 g/mol. The van der Waals surface area contributed by atoms with Crippen molar-refractivity contribution in [1.82, 2.24) is 4.90 Å². The van der Waals surface area contributed by atoms with E-state index in [0.717, 1.165) is 32.2 Å². The zero-order valence-corrected chi connectivity index (χ0v) is 12.8. The predicted molar refractivity (Wildman–Crippen MR) is 82.4 cm³/mol. The molecule has 0 saturated carbocycles. The van der Waals surface area contributed by atoms with Gasteiger partial charge in [0.1, 0.15) is 5.75 Å². The molecule has 1 aromatic rings. The summed E-state index contributed by atoms with van der Waals surface area (Å²) in [6, 6.07) is 8.14. The van der Waals surface area contributed by atoms with Gasteiger partial charge in [0.25, 0.3) is 0 Å². The summed E-state index contributed by atoms with van der Waals surface area (Å²) in [5.41, 5.74) is 1.23. The van der Waals surface area contributed by atoms with Gasteiger partial charge in [0.05, 0.1) is 5.92 Å². The maximum atomic E-state index is 11.1. The molecule has 1 fully saturated rings. The Morgan fingerprint density at radius 3 is 2.62 bits per heavy atom. The van der Waals surface area contributed by atoms with Crippen molar-refractivity contribution < 1.29 is 15.0 Å². The maximum Gasteiger partial charge on any atom is 0.306 e. The molecule has 1 aliphatic rings. The number of phenols is 1. The van der Waals surface area contributed by atoms with Crippen LogP contribution < -0.4 is 0 Å². The van der Waals surface area contributed by atoms with E-state index in [4.69, 9.17) is 5.11 Å². The third-order valence-electron chi connectivity index (χ3n) is 4.63. The molecule has 2 N–H and O–H groups in total. The van der Waals surface area contributed by atoms with Gasteiger partial charge in [-0.15, -0.1) is 0 Å². The summed E-state index contributed by atoms with van der Waals surface area (Å²) in [5.74, 6) is -0.532. The topological polar surface area (TPSA) is 60.8 Å². The Bertz CT molecular complexity index is 471. The molecule has 4 heteroatoms. The van der Waals surface area contributed by atoms with E-state index in [1.165, 1.54) is 5.56 Å². The van der Waals surface area contributed by atoms with E-state index in [0.29, 0.717) is 17.8 Å².